The minimum atomic E-state index is -3.40. The smallest absolute Gasteiger partial charge is 0.240 e. The van der Waals surface area contributed by atoms with E-state index < -0.39 is 10.0 Å². The number of likely N-dealkylation sites (N-methyl/N-ethyl adjacent to an activating group) is 1. The van der Waals surface area contributed by atoms with Gasteiger partial charge in [0.2, 0.25) is 10.0 Å². The molecule has 6 heteroatoms. The lowest BCUT2D eigenvalue weighted by molar-refractivity contribution is 0.315. The first-order valence-corrected chi connectivity index (χ1v) is 8.94. The predicted octanol–water partition coefficient (Wildman–Crippen LogP) is 1.61. The van der Waals surface area contributed by atoms with Crippen LogP contribution in [-0.2, 0) is 10.0 Å². The Bertz CT molecular complexity index is 543. The van der Waals surface area contributed by atoms with Crippen molar-refractivity contribution in [2.75, 3.05) is 26.2 Å². The summed E-state index contributed by atoms with van der Waals surface area (Å²) in [4.78, 5) is 0.287. The molecule has 0 aliphatic heterocycles. The van der Waals surface area contributed by atoms with E-state index in [-0.39, 0.29) is 4.90 Å². The largest absolute Gasteiger partial charge is 0.492 e. The number of sulfonamides is 1. The highest BCUT2D eigenvalue weighted by Crippen LogP contribution is 2.37. The molecule has 0 amide bonds. The number of nitrogens with one attached hydrogen (secondary N) is 2. The van der Waals surface area contributed by atoms with E-state index in [1.54, 1.807) is 24.3 Å². The molecule has 1 aromatic rings. The summed E-state index contributed by atoms with van der Waals surface area (Å²) in [6.45, 7) is 6.96. The van der Waals surface area contributed by atoms with Crippen molar-refractivity contribution in [3.63, 3.8) is 0 Å². The summed E-state index contributed by atoms with van der Waals surface area (Å²) in [5, 5.41) is 3.16. The average Bonchev–Trinajstić information content (AvgIpc) is 3.18. The van der Waals surface area contributed by atoms with Gasteiger partial charge in [-0.1, -0.05) is 13.8 Å². The maximum absolute atomic E-state index is 12.1. The van der Waals surface area contributed by atoms with Crippen LogP contribution >= 0.6 is 0 Å². The van der Waals surface area contributed by atoms with Crippen LogP contribution in [-0.4, -0.2) is 34.7 Å². The fourth-order valence-corrected chi connectivity index (χ4v) is 3.21. The predicted molar refractivity (Wildman–Crippen MR) is 82.9 cm³/mol. The van der Waals surface area contributed by atoms with Crippen molar-refractivity contribution in [1.82, 2.24) is 10.0 Å². The lowest BCUT2D eigenvalue weighted by atomic mass is 10.3. The Morgan fingerprint density at radius 2 is 1.95 bits per heavy atom. The maximum Gasteiger partial charge on any atom is 0.240 e. The highest BCUT2D eigenvalue weighted by molar-refractivity contribution is 7.89. The van der Waals surface area contributed by atoms with Crippen LogP contribution in [0.25, 0.3) is 0 Å². The molecule has 2 N–H and O–H groups in total. The Morgan fingerprint density at radius 3 is 2.52 bits per heavy atom. The van der Waals surface area contributed by atoms with Gasteiger partial charge in [0.05, 0.1) is 4.90 Å². The summed E-state index contributed by atoms with van der Waals surface area (Å²) < 4.78 is 32.4. The van der Waals surface area contributed by atoms with Crippen LogP contribution in [0.4, 0.5) is 0 Å². The molecule has 2 unspecified atom stereocenters. The second kappa shape index (κ2) is 7.24. The van der Waals surface area contributed by atoms with E-state index >= 15 is 0 Å². The number of benzene rings is 1. The average molecular weight is 312 g/mol. The second-order valence-electron chi connectivity index (χ2n) is 5.50. The lowest BCUT2D eigenvalue weighted by Crippen LogP contribution is -2.26. The molecule has 0 spiro atoms. The molecule has 1 fully saturated rings. The first-order chi connectivity index (χ1) is 10.0. The van der Waals surface area contributed by atoms with Gasteiger partial charge >= 0.3 is 0 Å². The summed E-state index contributed by atoms with van der Waals surface area (Å²) in [6, 6.07) is 6.56. The summed E-state index contributed by atoms with van der Waals surface area (Å²) >= 11 is 0. The van der Waals surface area contributed by atoms with E-state index in [0.29, 0.717) is 30.7 Å². The van der Waals surface area contributed by atoms with E-state index in [9.17, 15) is 8.42 Å². The van der Waals surface area contributed by atoms with E-state index in [1.807, 2.05) is 6.92 Å². The van der Waals surface area contributed by atoms with Crippen LogP contribution in [0.3, 0.4) is 0 Å². The SMILES string of the molecule is CCNCCOc1ccc(S(=O)(=O)NCC2CC2C)cc1. The number of ether oxygens (including phenoxy) is 1. The third-order valence-electron chi connectivity index (χ3n) is 3.74. The second-order valence-corrected chi connectivity index (χ2v) is 7.27. The van der Waals surface area contributed by atoms with Gasteiger partial charge in [0, 0.05) is 13.1 Å². The van der Waals surface area contributed by atoms with Crippen molar-refractivity contribution >= 4 is 10.0 Å². The van der Waals surface area contributed by atoms with Crippen LogP contribution in [0.1, 0.15) is 20.3 Å². The van der Waals surface area contributed by atoms with Gasteiger partial charge in [0.15, 0.2) is 0 Å². The van der Waals surface area contributed by atoms with Crippen molar-refractivity contribution in [3.8, 4) is 5.75 Å². The van der Waals surface area contributed by atoms with Gasteiger partial charge in [-0.2, -0.15) is 0 Å². The summed E-state index contributed by atoms with van der Waals surface area (Å²) in [7, 11) is -3.40. The Labute approximate surface area is 127 Å². The Morgan fingerprint density at radius 1 is 1.29 bits per heavy atom. The molecule has 0 aromatic heterocycles. The van der Waals surface area contributed by atoms with Crippen LogP contribution in [0.2, 0.25) is 0 Å². The zero-order valence-electron chi connectivity index (χ0n) is 12.6. The summed E-state index contributed by atoms with van der Waals surface area (Å²) in [5.74, 6) is 1.82. The van der Waals surface area contributed by atoms with E-state index in [4.69, 9.17) is 4.74 Å². The first-order valence-electron chi connectivity index (χ1n) is 7.46. The third-order valence-corrected chi connectivity index (χ3v) is 5.18. The van der Waals surface area contributed by atoms with Crippen LogP contribution in [0, 0.1) is 11.8 Å². The van der Waals surface area contributed by atoms with E-state index in [0.717, 1.165) is 19.5 Å². The quantitative estimate of drug-likeness (QED) is 0.680. The zero-order valence-corrected chi connectivity index (χ0v) is 13.4. The van der Waals surface area contributed by atoms with Crippen molar-refractivity contribution in [2.45, 2.75) is 25.2 Å². The molecule has 1 aliphatic carbocycles. The molecule has 1 aromatic carbocycles. The molecule has 118 valence electrons. The van der Waals surface area contributed by atoms with Crippen molar-refractivity contribution in [3.05, 3.63) is 24.3 Å². The Hall–Kier alpha value is -1.11. The van der Waals surface area contributed by atoms with Crippen molar-refractivity contribution in [2.24, 2.45) is 11.8 Å². The molecule has 2 rings (SSSR count). The molecular formula is C15H24N2O3S. The fraction of sp³-hybridized carbons (Fsp3) is 0.600. The van der Waals surface area contributed by atoms with E-state index in [2.05, 4.69) is 17.0 Å². The number of hydrogen-bond donors (Lipinski definition) is 2. The van der Waals surface area contributed by atoms with Gasteiger partial charge in [-0.3, -0.25) is 0 Å². The molecule has 2 atom stereocenters. The van der Waals surface area contributed by atoms with Gasteiger partial charge < -0.3 is 10.1 Å². The lowest BCUT2D eigenvalue weighted by Gasteiger charge is -2.09. The van der Waals surface area contributed by atoms with Gasteiger partial charge in [0.1, 0.15) is 12.4 Å². The highest BCUT2D eigenvalue weighted by Gasteiger charge is 2.33. The standard InChI is InChI=1S/C15H24N2O3S/c1-3-16-8-9-20-14-4-6-15(7-5-14)21(18,19)17-11-13-10-12(13)2/h4-7,12-13,16-17H,3,8-11H2,1-2H3. The minimum Gasteiger partial charge on any atom is -0.492 e. The van der Waals surface area contributed by atoms with Crippen molar-refractivity contribution < 1.29 is 13.2 Å². The zero-order chi connectivity index (χ0) is 15.3. The minimum absolute atomic E-state index is 0.287. The van der Waals surface area contributed by atoms with Gasteiger partial charge in [-0.05, 0) is 49.1 Å². The van der Waals surface area contributed by atoms with Crippen molar-refractivity contribution in [1.29, 1.82) is 0 Å². The molecule has 0 bridgehead atoms. The molecule has 0 heterocycles. The van der Waals surface area contributed by atoms with Gasteiger partial charge in [-0.15, -0.1) is 0 Å². The van der Waals surface area contributed by atoms with Crippen LogP contribution < -0.4 is 14.8 Å². The van der Waals surface area contributed by atoms with Crippen LogP contribution in [0.15, 0.2) is 29.2 Å². The number of rotatable bonds is 9. The fourth-order valence-electron chi connectivity index (χ4n) is 2.12. The van der Waals surface area contributed by atoms with Gasteiger partial charge in [0.25, 0.3) is 0 Å². The number of hydrogen-bond acceptors (Lipinski definition) is 4. The Balaban J connectivity index is 1.85. The van der Waals surface area contributed by atoms with E-state index in [1.165, 1.54) is 0 Å². The molecule has 1 aliphatic rings. The third kappa shape index (κ3) is 4.98. The topological polar surface area (TPSA) is 67.4 Å². The molecule has 5 nitrogen and oxygen atoms in total. The molecular weight excluding hydrogens is 288 g/mol. The van der Waals surface area contributed by atoms with Gasteiger partial charge in [-0.25, -0.2) is 13.1 Å². The molecule has 0 radical (unpaired) electrons. The maximum atomic E-state index is 12.1. The summed E-state index contributed by atoms with van der Waals surface area (Å²) in [6.07, 6.45) is 1.11. The van der Waals surface area contributed by atoms with Crippen LogP contribution in [0.5, 0.6) is 5.75 Å². The first kappa shape index (κ1) is 16.3. The monoisotopic (exact) mass is 312 g/mol. The summed E-state index contributed by atoms with van der Waals surface area (Å²) in [5.41, 5.74) is 0. The Kier molecular flexibility index (Phi) is 5.61. The normalized spacial score (nSPS) is 21.2. The highest BCUT2D eigenvalue weighted by atomic mass is 32.2. The molecule has 1 saturated carbocycles. The molecule has 0 saturated heterocycles. The molecule has 21 heavy (non-hydrogen) atoms.